The van der Waals surface area contributed by atoms with Gasteiger partial charge in [0, 0.05) is 5.56 Å². The second kappa shape index (κ2) is 5.69. The summed E-state index contributed by atoms with van der Waals surface area (Å²) in [6.45, 7) is 0. The van der Waals surface area contributed by atoms with Crippen LogP contribution in [-0.2, 0) is 0 Å². The first-order valence-electron chi connectivity index (χ1n) is 5.59. The Morgan fingerprint density at radius 2 is 1.67 bits per heavy atom. The lowest BCUT2D eigenvalue weighted by Crippen LogP contribution is -2.07. The summed E-state index contributed by atoms with van der Waals surface area (Å²) in [7, 11) is 1.60. The summed E-state index contributed by atoms with van der Waals surface area (Å²) in [5.41, 5.74) is 1.39. The fraction of sp³-hybridized carbons (Fsp3) is 0.133. The number of benzene rings is 2. The predicted molar refractivity (Wildman–Crippen MR) is 72.4 cm³/mol. The van der Waals surface area contributed by atoms with Crippen LogP contribution in [0.5, 0.6) is 5.75 Å². The maximum atomic E-state index is 12.1. The third-order valence-corrected chi connectivity index (χ3v) is 3.15. The highest BCUT2D eigenvalue weighted by Gasteiger charge is 2.18. The number of ketones is 1. The molecule has 0 aliphatic heterocycles. The Morgan fingerprint density at radius 1 is 1.06 bits per heavy atom. The topological polar surface area (TPSA) is 26.3 Å². The molecular weight excluding hydrogens is 248 g/mol. The average molecular weight is 261 g/mol. The van der Waals surface area contributed by atoms with Crippen molar-refractivity contribution in [3.05, 3.63) is 65.7 Å². The number of hydrogen-bond donors (Lipinski definition) is 0. The van der Waals surface area contributed by atoms with Crippen LogP contribution in [0, 0.1) is 0 Å². The van der Waals surface area contributed by atoms with Gasteiger partial charge >= 0.3 is 0 Å². The van der Waals surface area contributed by atoms with E-state index in [-0.39, 0.29) is 5.78 Å². The van der Waals surface area contributed by atoms with Crippen LogP contribution in [0.2, 0.25) is 0 Å². The maximum absolute atomic E-state index is 12.1. The molecule has 0 aromatic heterocycles. The summed E-state index contributed by atoms with van der Waals surface area (Å²) >= 11 is 6.20. The lowest BCUT2D eigenvalue weighted by molar-refractivity contribution is 0.0987. The van der Waals surface area contributed by atoms with Gasteiger partial charge < -0.3 is 4.74 Å². The highest BCUT2D eigenvalue weighted by atomic mass is 35.5. The van der Waals surface area contributed by atoms with Gasteiger partial charge in [-0.05, 0) is 17.7 Å². The van der Waals surface area contributed by atoms with Gasteiger partial charge in [0.05, 0.1) is 7.11 Å². The molecule has 1 unspecified atom stereocenters. The van der Waals surface area contributed by atoms with Gasteiger partial charge in [-0.2, -0.15) is 0 Å². The minimum atomic E-state index is -0.668. The van der Waals surface area contributed by atoms with Crippen LogP contribution in [0.3, 0.4) is 0 Å². The van der Waals surface area contributed by atoms with E-state index in [1.54, 1.807) is 43.5 Å². The van der Waals surface area contributed by atoms with Crippen LogP contribution < -0.4 is 4.74 Å². The Hall–Kier alpha value is -1.80. The number of halogens is 1. The first-order valence-corrected chi connectivity index (χ1v) is 6.03. The zero-order chi connectivity index (χ0) is 13.0. The van der Waals surface area contributed by atoms with Crippen LogP contribution in [0.15, 0.2) is 54.6 Å². The monoisotopic (exact) mass is 260 g/mol. The van der Waals surface area contributed by atoms with E-state index in [0.717, 1.165) is 11.3 Å². The quantitative estimate of drug-likeness (QED) is 0.616. The number of ether oxygens (including phenoxy) is 1. The van der Waals surface area contributed by atoms with Crippen LogP contribution in [-0.4, -0.2) is 12.9 Å². The van der Waals surface area contributed by atoms with Gasteiger partial charge in [-0.15, -0.1) is 11.6 Å². The Balaban J connectivity index is 2.20. The summed E-state index contributed by atoms with van der Waals surface area (Å²) in [4.78, 5) is 12.1. The molecule has 2 aromatic carbocycles. The van der Waals surface area contributed by atoms with Gasteiger partial charge in [-0.3, -0.25) is 4.79 Å². The van der Waals surface area contributed by atoms with Crippen molar-refractivity contribution in [3.63, 3.8) is 0 Å². The molecule has 18 heavy (non-hydrogen) atoms. The molecule has 2 aromatic rings. The molecule has 0 spiro atoms. The molecule has 0 saturated carbocycles. The van der Waals surface area contributed by atoms with Crippen molar-refractivity contribution >= 4 is 17.4 Å². The fourth-order valence-electron chi connectivity index (χ4n) is 1.67. The third kappa shape index (κ3) is 2.71. The van der Waals surface area contributed by atoms with E-state index < -0.39 is 5.38 Å². The predicted octanol–water partition coefficient (Wildman–Crippen LogP) is 3.86. The largest absolute Gasteiger partial charge is 0.497 e. The van der Waals surface area contributed by atoms with E-state index >= 15 is 0 Å². The number of alkyl halides is 1. The third-order valence-electron chi connectivity index (χ3n) is 2.70. The van der Waals surface area contributed by atoms with Crippen molar-refractivity contribution in [1.82, 2.24) is 0 Å². The van der Waals surface area contributed by atoms with Crippen LogP contribution in [0.25, 0.3) is 0 Å². The van der Waals surface area contributed by atoms with Crippen molar-refractivity contribution in [2.75, 3.05) is 7.11 Å². The molecule has 0 aliphatic rings. The number of hydrogen-bond acceptors (Lipinski definition) is 2. The minimum Gasteiger partial charge on any atom is -0.497 e. The maximum Gasteiger partial charge on any atom is 0.185 e. The molecular formula is C15H13ClO2. The lowest BCUT2D eigenvalue weighted by atomic mass is 10.0. The molecule has 92 valence electrons. The van der Waals surface area contributed by atoms with E-state index in [2.05, 4.69) is 0 Å². The zero-order valence-electron chi connectivity index (χ0n) is 9.97. The molecule has 2 nitrogen and oxygen atoms in total. The van der Waals surface area contributed by atoms with Gasteiger partial charge in [0.25, 0.3) is 0 Å². The first-order chi connectivity index (χ1) is 8.72. The molecule has 0 saturated heterocycles. The van der Waals surface area contributed by atoms with Crippen molar-refractivity contribution in [2.24, 2.45) is 0 Å². The van der Waals surface area contributed by atoms with Crippen LogP contribution in [0.4, 0.5) is 0 Å². The molecule has 0 fully saturated rings. The van der Waals surface area contributed by atoms with Gasteiger partial charge in [0.1, 0.15) is 11.1 Å². The summed E-state index contributed by atoms with van der Waals surface area (Å²) in [5.74, 6) is 0.650. The number of methoxy groups -OCH3 is 1. The SMILES string of the molecule is COc1ccc(C(Cl)C(=O)c2ccccc2)cc1. The molecule has 3 heteroatoms. The standard InChI is InChI=1S/C15H13ClO2/c1-18-13-9-7-11(8-10-13)14(16)15(17)12-5-3-2-4-6-12/h2-10,14H,1H3. The summed E-state index contributed by atoms with van der Waals surface area (Å²) in [6, 6.07) is 16.2. The van der Waals surface area contributed by atoms with Crippen molar-refractivity contribution in [3.8, 4) is 5.75 Å². The number of Topliss-reactive ketones (excluding diaryl/α,β-unsaturated/α-hetero) is 1. The molecule has 0 bridgehead atoms. The summed E-state index contributed by atoms with van der Waals surface area (Å²) in [5, 5.41) is -0.668. The van der Waals surface area contributed by atoms with Crippen molar-refractivity contribution in [2.45, 2.75) is 5.38 Å². The van der Waals surface area contributed by atoms with E-state index in [1.807, 2.05) is 18.2 Å². The average Bonchev–Trinajstić information content (AvgIpc) is 2.47. The lowest BCUT2D eigenvalue weighted by Gasteiger charge is -2.09. The van der Waals surface area contributed by atoms with E-state index in [1.165, 1.54) is 0 Å². The molecule has 0 N–H and O–H groups in total. The molecule has 0 amide bonds. The normalized spacial score (nSPS) is 11.9. The number of carbonyl (C=O) groups excluding carboxylic acids is 1. The number of carbonyl (C=O) groups is 1. The molecule has 1 atom stereocenters. The second-order valence-corrected chi connectivity index (χ2v) is 4.30. The van der Waals surface area contributed by atoms with Gasteiger partial charge in [0.2, 0.25) is 0 Å². The van der Waals surface area contributed by atoms with Gasteiger partial charge in [-0.1, -0.05) is 42.5 Å². The Bertz CT molecular complexity index is 520. The molecule has 0 aliphatic carbocycles. The minimum absolute atomic E-state index is 0.0950. The van der Waals surface area contributed by atoms with Crippen molar-refractivity contribution in [1.29, 1.82) is 0 Å². The van der Waals surface area contributed by atoms with Crippen LogP contribution in [0.1, 0.15) is 21.3 Å². The highest BCUT2D eigenvalue weighted by molar-refractivity contribution is 6.33. The van der Waals surface area contributed by atoms with E-state index in [9.17, 15) is 4.79 Å². The molecule has 2 rings (SSSR count). The highest BCUT2D eigenvalue weighted by Crippen LogP contribution is 2.26. The Kier molecular flexibility index (Phi) is 4.00. The Labute approximate surface area is 111 Å². The fourth-order valence-corrected chi connectivity index (χ4v) is 1.94. The number of rotatable bonds is 4. The van der Waals surface area contributed by atoms with Crippen molar-refractivity contribution < 1.29 is 9.53 Å². The van der Waals surface area contributed by atoms with Gasteiger partial charge in [0.15, 0.2) is 5.78 Å². The second-order valence-electron chi connectivity index (χ2n) is 3.87. The first kappa shape index (κ1) is 12.7. The Morgan fingerprint density at radius 3 is 2.22 bits per heavy atom. The van der Waals surface area contributed by atoms with Crippen LogP contribution >= 0.6 is 11.6 Å². The molecule has 0 heterocycles. The zero-order valence-corrected chi connectivity index (χ0v) is 10.7. The van der Waals surface area contributed by atoms with E-state index in [0.29, 0.717) is 5.56 Å². The smallest absolute Gasteiger partial charge is 0.185 e. The molecule has 0 radical (unpaired) electrons. The summed E-state index contributed by atoms with van der Waals surface area (Å²) in [6.07, 6.45) is 0. The van der Waals surface area contributed by atoms with E-state index in [4.69, 9.17) is 16.3 Å². The van der Waals surface area contributed by atoms with Gasteiger partial charge in [-0.25, -0.2) is 0 Å². The summed E-state index contributed by atoms with van der Waals surface area (Å²) < 4.78 is 5.07.